The van der Waals surface area contributed by atoms with E-state index >= 15 is 0 Å². The number of hydrogen-bond donors (Lipinski definition) is 0. The fraction of sp³-hybridized carbons (Fsp3) is 0.400. The van der Waals surface area contributed by atoms with Crippen LogP contribution in [-0.4, -0.2) is 15.7 Å². The first-order valence-corrected chi connectivity index (χ1v) is 6.88. The largest absolute Gasteiger partial charge is 0.491 e. The number of halogens is 1. The maximum absolute atomic E-state index is 6.19. The molecule has 1 heterocycles. The molecule has 0 saturated heterocycles. The Balaban J connectivity index is 2.52. The third-order valence-corrected chi connectivity index (χ3v) is 2.98. The van der Waals surface area contributed by atoms with Crippen molar-refractivity contribution in [1.29, 1.82) is 0 Å². The Hall–Kier alpha value is -1.48. The third-order valence-electron chi connectivity index (χ3n) is 2.79. The van der Waals surface area contributed by atoms with Gasteiger partial charge in [-0.3, -0.25) is 0 Å². The molecule has 0 saturated carbocycles. The zero-order valence-electron chi connectivity index (χ0n) is 11.6. The predicted octanol–water partition coefficient (Wildman–Crippen LogP) is 4.31. The standard InChI is InChI=1S/C15H19ClN2O/c1-5-8-18-14-7-6-12(19-10(2)3)9-13(14)17-15(18)11(4)16/h5-7,9-11H,1,8H2,2-4H3. The Bertz CT molecular complexity index is 587. The van der Waals surface area contributed by atoms with Gasteiger partial charge in [-0.05, 0) is 32.9 Å². The zero-order valence-corrected chi connectivity index (χ0v) is 12.3. The molecule has 0 amide bonds. The Morgan fingerprint density at radius 2 is 2.16 bits per heavy atom. The maximum atomic E-state index is 6.19. The third kappa shape index (κ3) is 2.92. The van der Waals surface area contributed by atoms with Crippen molar-refractivity contribution in [2.24, 2.45) is 0 Å². The lowest BCUT2D eigenvalue weighted by Crippen LogP contribution is -2.05. The fourth-order valence-electron chi connectivity index (χ4n) is 2.10. The molecule has 0 aliphatic heterocycles. The molecule has 0 spiro atoms. The van der Waals surface area contributed by atoms with Crippen molar-refractivity contribution in [3.8, 4) is 5.75 Å². The molecule has 0 aliphatic carbocycles. The summed E-state index contributed by atoms with van der Waals surface area (Å²) >= 11 is 6.19. The van der Waals surface area contributed by atoms with Gasteiger partial charge in [0.2, 0.25) is 0 Å². The quantitative estimate of drug-likeness (QED) is 0.602. The van der Waals surface area contributed by atoms with Gasteiger partial charge in [0.25, 0.3) is 0 Å². The number of allylic oxidation sites excluding steroid dienone is 1. The summed E-state index contributed by atoms with van der Waals surface area (Å²) in [6, 6.07) is 5.94. The van der Waals surface area contributed by atoms with E-state index in [2.05, 4.69) is 16.1 Å². The minimum atomic E-state index is -0.137. The maximum Gasteiger partial charge on any atom is 0.128 e. The minimum Gasteiger partial charge on any atom is -0.491 e. The summed E-state index contributed by atoms with van der Waals surface area (Å²) < 4.78 is 7.77. The van der Waals surface area contributed by atoms with E-state index in [4.69, 9.17) is 16.3 Å². The van der Waals surface area contributed by atoms with Crippen LogP contribution < -0.4 is 4.74 Å². The second-order valence-corrected chi connectivity index (χ2v) is 5.46. The molecule has 3 nitrogen and oxygen atoms in total. The van der Waals surface area contributed by atoms with Crippen LogP contribution in [0, 0.1) is 0 Å². The van der Waals surface area contributed by atoms with Gasteiger partial charge in [-0.2, -0.15) is 0 Å². The summed E-state index contributed by atoms with van der Waals surface area (Å²) in [6.07, 6.45) is 2.00. The SMILES string of the molecule is C=CCn1c(C(C)Cl)nc2cc(OC(C)C)ccc21. The van der Waals surface area contributed by atoms with Gasteiger partial charge in [-0.1, -0.05) is 6.08 Å². The van der Waals surface area contributed by atoms with E-state index in [1.165, 1.54) is 0 Å². The first kappa shape index (κ1) is 13.9. The first-order chi connectivity index (χ1) is 9.02. The molecule has 0 radical (unpaired) electrons. The molecule has 2 aromatic rings. The molecule has 4 heteroatoms. The zero-order chi connectivity index (χ0) is 14.0. The van der Waals surface area contributed by atoms with Crippen LogP contribution in [0.1, 0.15) is 32.0 Å². The van der Waals surface area contributed by atoms with Crippen molar-refractivity contribution in [1.82, 2.24) is 9.55 Å². The van der Waals surface area contributed by atoms with Crippen molar-refractivity contribution in [3.05, 3.63) is 36.7 Å². The second-order valence-electron chi connectivity index (χ2n) is 4.80. The van der Waals surface area contributed by atoms with Gasteiger partial charge in [0, 0.05) is 12.6 Å². The van der Waals surface area contributed by atoms with Crippen LogP contribution in [0.25, 0.3) is 11.0 Å². The van der Waals surface area contributed by atoms with Crippen molar-refractivity contribution >= 4 is 22.6 Å². The van der Waals surface area contributed by atoms with E-state index in [-0.39, 0.29) is 11.5 Å². The van der Waals surface area contributed by atoms with Crippen LogP contribution >= 0.6 is 11.6 Å². The van der Waals surface area contributed by atoms with E-state index in [0.717, 1.165) is 22.6 Å². The Morgan fingerprint density at radius 1 is 1.42 bits per heavy atom. The Labute approximate surface area is 118 Å². The lowest BCUT2D eigenvalue weighted by atomic mass is 10.3. The summed E-state index contributed by atoms with van der Waals surface area (Å²) in [6.45, 7) is 10.4. The summed E-state index contributed by atoms with van der Waals surface area (Å²) in [5, 5.41) is -0.137. The summed E-state index contributed by atoms with van der Waals surface area (Å²) in [5.74, 6) is 1.69. The van der Waals surface area contributed by atoms with E-state index in [1.54, 1.807) is 0 Å². The molecule has 0 N–H and O–H groups in total. The number of hydrogen-bond acceptors (Lipinski definition) is 2. The lowest BCUT2D eigenvalue weighted by molar-refractivity contribution is 0.242. The van der Waals surface area contributed by atoms with E-state index in [9.17, 15) is 0 Å². The van der Waals surface area contributed by atoms with Crippen LogP contribution in [0.2, 0.25) is 0 Å². The monoisotopic (exact) mass is 278 g/mol. The average Bonchev–Trinajstić information content (AvgIpc) is 2.67. The average molecular weight is 279 g/mol. The molecule has 1 unspecified atom stereocenters. The number of aromatic nitrogens is 2. The number of alkyl halides is 1. The fourth-order valence-corrected chi connectivity index (χ4v) is 2.26. The molecular weight excluding hydrogens is 260 g/mol. The van der Waals surface area contributed by atoms with Crippen molar-refractivity contribution in [2.75, 3.05) is 0 Å². The highest BCUT2D eigenvalue weighted by Crippen LogP contribution is 2.27. The van der Waals surface area contributed by atoms with E-state index in [0.29, 0.717) is 6.54 Å². The number of imidazole rings is 1. The molecule has 1 atom stereocenters. The molecule has 0 bridgehead atoms. The summed E-state index contributed by atoms with van der Waals surface area (Å²) in [4.78, 5) is 4.60. The van der Waals surface area contributed by atoms with Gasteiger partial charge in [0.1, 0.15) is 11.6 Å². The van der Waals surface area contributed by atoms with Gasteiger partial charge in [0.15, 0.2) is 0 Å². The number of rotatable bonds is 5. The summed E-state index contributed by atoms with van der Waals surface area (Å²) in [5.41, 5.74) is 1.96. The number of nitrogens with zero attached hydrogens (tertiary/aromatic N) is 2. The van der Waals surface area contributed by atoms with E-state index < -0.39 is 0 Å². The molecular formula is C15H19ClN2O. The highest BCUT2D eigenvalue weighted by molar-refractivity contribution is 6.20. The highest BCUT2D eigenvalue weighted by Gasteiger charge is 2.14. The van der Waals surface area contributed by atoms with E-state index in [1.807, 2.05) is 45.0 Å². The van der Waals surface area contributed by atoms with Crippen LogP contribution in [0.4, 0.5) is 0 Å². The van der Waals surface area contributed by atoms with Gasteiger partial charge < -0.3 is 9.30 Å². The normalized spacial score (nSPS) is 12.9. The molecule has 1 aromatic heterocycles. The van der Waals surface area contributed by atoms with Crippen molar-refractivity contribution in [2.45, 2.75) is 38.8 Å². The molecule has 0 fully saturated rings. The second kappa shape index (κ2) is 5.66. The smallest absolute Gasteiger partial charge is 0.128 e. The molecule has 2 rings (SSSR count). The lowest BCUT2D eigenvalue weighted by Gasteiger charge is -2.10. The van der Waals surface area contributed by atoms with Crippen molar-refractivity contribution in [3.63, 3.8) is 0 Å². The summed E-state index contributed by atoms with van der Waals surface area (Å²) in [7, 11) is 0. The minimum absolute atomic E-state index is 0.137. The molecule has 1 aromatic carbocycles. The Kier molecular flexibility index (Phi) is 4.15. The van der Waals surface area contributed by atoms with Crippen LogP contribution in [-0.2, 0) is 6.54 Å². The topological polar surface area (TPSA) is 27.1 Å². The van der Waals surface area contributed by atoms with Crippen LogP contribution in [0.3, 0.4) is 0 Å². The highest BCUT2D eigenvalue weighted by atomic mass is 35.5. The van der Waals surface area contributed by atoms with Crippen LogP contribution in [0.15, 0.2) is 30.9 Å². The predicted molar refractivity (Wildman–Crippen MR) is 80.0 cm³/mol. The van der Waals surface area contributed by atoms with Gasteiger partial charge in [-0.25, -0.2) is 4.98 Å². The first-order valence-electron chi connectivity index (χ1n) is 6.44. The van der Waals surface area contributed by atoms with Gasteiger partial charge >= 0.3 is 0 Å². The van der Waals surface area contributed by atoms with Gasteiger partial charge in [-0.15, -0.1) is 18.2 Å². The van der Waals surface area contributed by atoms with Gasteiger partial charge in [0.05, 0.1) is 22.5 Å². The van der Waals surface area contributed by atoms with Crippen LogP contribution in [0.5, 0.6) is 5.75 Å². The Morgan fingerprint density at radius 3 is 2.74 bits per heavy atom. The number of benzene rings is 1. The number of fused-ring (bicyclic) bond motifs is 1. The molecule has 102 valence electrons. The molecule has 0 aliphatic rings. The number of ether oxygens (including phenoxy) is 1. The van der Waals surface area contributed by atoms with Crippen molar-refractivity contribution < 1.29 is 4.74 Å². The molecule has 19 heavy (non-hydrogen) atoms.